The Bertz CT molecular complexity index is 1220. The molecule has 1 aromatic heterocycles. The van der Waals surface area contributed by atoms with Gasteiger partial charge in [0.25, 0.3) is 0 Å². The zero-order valence-electron chi connectivity index (χ0n) is 22.2. The summed E-state index contributed by atoms with van der Waals surface area (Å²) in [7, 11) is 0. The molecule has 2 aromatic rings. The topological polar surface area (TPSA) is 133 Å². The zero-order valence-corrected chi connectivity index (χ0v) is 23.0. The van der Waals surface area contributed by atoms with Crippen LogP contribution in [0.4, 0.5) is 20.3 Å². The zero-order chi connectivity index (χ0) is 27.9. The van der Waals surface area contributed by atoms with Crippen LogP contribution in [0.1, 0.15) is 63.6 Å². The predicted octanol–water partition coefficient (Wildman–Crippen LogP) is 5.08. The van der Waals surface area contributed by atoms with Gasteiger partial charge < -0.3 is 25.0 Å². The second-order valence-electron chi connectivity index (χ2n) is 11.0. The smallest absolute Gasteiger partial charge is 0.189 e. The summed E-state index contributed by atoms with van der Waals surface area (Å²) in [5.41, 5.74) is 9.54. The minimum absolute atomic E-state index is 0.00459. The minimum Gasteiger partial charge on any atom is -0.390 e. The van der Waals surface area contributed by atoms with Crippen LogP contribution in [0.25, 0.3) is 0 Å². The predicted molar refractivity (Wildman–Crippen MR) is 141 cm³/mol. The number of hydrogen-bond acceptors (Lipinski definition) is 10. The van der Waals surface area contributed by atoms with Gasteiger partial charge in [-0.1, -0.05) is 24.8 Å². The molecule has 2 saturated carbocycles. The molecule has 2 aliphatic carbocycles. The number of thioether (sulfide) groups is 1. The van der Waals surface area contributed by atoms with Gasteiger partial charge in [-0.3, -0.25) is 0 Å². The Balaban J connectivity index is 1.30. The largest absolute Gasteiger partial charge is 0.390 e. The molecule has 3 aliphatic rings. The Kier molecular flexibility index (Phi) is 8.21. The van der Waals surface area contributed by atoms with Gasteiger partial charge in [0.1, 0.15) is 17.9 Å². The molecule has 3 fully saturated rings. The lowest BCUT2D eigenvalue weighted by atomic mass is 9.95. The molecule has 1 aromatic carbocycles. The van der Waals surface area contributed by atoms with E-state index in [1.807, 2.05) is 0 Å². The molecule has 39 heavy (non-hydrogen) atoms. The molecule has 212 valence electrons. The first-order chi connectivity index (χ1) is 18.6. The van der Waals surface area contributed by atoms with Crippen molar-refractivity contribution in [2.75, 3.05) is 11.1 Å². The summed E-state index contributed by atoms with van der Waals surface area (Å²) in [6.07, 6.45) is 0.445. The first-order valence-corrected chi connectivity index (χ1v) is 14.4. The number of fused-ring (bicyclic) bond motifs is 1. The van der Waals surface area contributed by atoms with Crippen molar-refractivity contribution in [3.05, 3.63) is 41.1 Å². The number of ether oxygens (including phenoxy) is 2. The molecule has 0 spiro atoms. The second kappa shape index (κ2) is 11.3. The quantitative estimate of drug-likeness (QED) is 0.169. The van der Waals surface area contributed by atoms with Gasteiger partial charge in [-0.05, 0) is 63.6 Å². The molecule has 4 N–H and O–H groups in total. The Morgan fingerprint density at radius 3 is 2.64 bits per heavy atom. The number of benzene rings is 1. The lowest BCUT2D eigenvalue weighted by molar-refractivity contribution is -0.181. The standard InChI is InChI=1S/C27H35F2N5O4S/c1-4-10-39-26-32-18(7-5-6-14-21(35)22(36)24-23(14)37-27(2,3)38-24)20(34-30)25(33-26)31-19-12-15(19)13-8-9-16(28)17(29)11-13/h8-9,11,14-15,19,21-24,30,35-36H,4-7,10,12H2,1-3H3,(H,31,32,33)/t14-,15+,19-,21-,22+,23+,24-/m1/s1. The van der Waals surface area contributed by atoms with Gasteiger partial charge in [0.2, 0.25) is 0 Å². The van der Waals surface area contributed by atoms with Crippen molar-refractivity contribution in [3.63, 3.8) is 0 Å². The number of rotatable bonds is 11. The highest BCUT2D eigenvalue weighted by Crippen LogP contribution is 2.46. The van der Waals surface area contributed by atoms with E-state index in [1.165, 1.54) is 17.8 Å². The molecule has 0 unspecified atom stereocenters. The molecule has 9 nitrogen and oxygen atoms in total. The molecule has 0 radical (unpaired) electrons. The van der Waals surface area contributed by atoms with E-state index in [2.05, 4.69) is 22.3 Å². The van der Waals surface area contributed by atoms with Gasteiger partial charge in [-0.2, -0.15) is 5.11 Å². The van der Waals surface area contributed by atoms with Crippen LogP contribution in [0, 0.1) is 23.1 Å². The highest BCUT2D eigenvalue weighted by Gasteiger charge is 2.57. The number of anilines is 1. The van der Waals surface area contributed by atoms with Gasteiger partial charge >= 0.3 is 0 Å². The fraction of sp³-hybridized carbons (Fsp3) is 0.630. The van der Waals surface area contributed by atoms with Crippen LogP contribution in [0.15, 0.2) is 28.5 Å². The fourth-order valence-corrected chi connectivity index (χ4v) is 6.38. The van der Waals surface area contributed by atoms with Crippen LogP contribution in [-0.4, -0.2) is 62.2 Å². The number of aromatic nitrogens is 2. The van der Waals surface area contributed by atoms with E-state index in [0.29, 0.717) is 47.2 Å². The van der Waals surface area contributed by atoms with Crippen LogP contribution in [0.2, 0.25) is 0 Å². The molecular formula is C27H35F2N5O4S. The van der Waals surface area contributed by atoms with Crippen LogP contribution in [0.3, 0.4) is 0 Å². The van der Waals surface area contributed by atoms with Crippen molar-refractivity contribution in [2.24, 2.45) is 11.0 Å². The summed E-state index contributed by atoms with van der Waals surface area (Å²) in [4.78, 5) is 9.33. The summed E-state index contributed by atoms with van der Waals surface area (Å²) in [5, 5.41) is 28.8. The number of nitrogens with one attached hydrogen (secondary N) is 2. The van der Waals surface area contributed by atoms with E-state index >= 15 is 0 Å². The summed E-state index contributed by atoms with van der Waals surface area (Å²) < 4.78 is 38.9. The van der Waals surface area contributed by atoms with Crippen LogP contribution >= 0.6 is 11.8 Å². The molecule has 2 heterocycles. The molecule has 0 bridgehead atoms. The number of nitrogens with zero attached hydrogens (tertiary/aromatic N) is 3. The van der Waals surface area contributed by atoms with Crippen LogP contribution in [-0.2, 0) is 15.9 Å². The number of aryl methyl sites for hydroxylation is 1. The Hall–Kier alpha value is -2.25. The van der Waals surface area contributed by atoms with Gasteiger partial charge in [-0.15, -0.1) is 0 Å². The summed E-state index contributed by atoms with van der Waals surface area (Å²) in [5.74, 6) is -1.56. The maximum Gasteiger partial charge on any atom is 0.189 e. The van der Waals surface area contributed by atoms with Crippen LogP contribution < -0.4 is 5.32 Å². The van der Waals surface area contributed by atoms with E-state index in [9.17, 15) is 19.0 Å². The van der Waals surface area contributed by atoms with E-state index in [4.69, 9.17) is 20.0 Å². The van der Waals surface area contributed by atoms with E-state index in [0.717, 1.165) is 24.7 Å². The Labute approximate surface area is 230 Å². The van der Waals surface area contributed by atoms with E-state index in [1.54, 1.807) is 19.9 Å². The van der Waals surface area contributed by atoms with Gasteiger partial charge in [0, 0.05) is 23.6 Å². The van der Waals surface area contributed by atoms with Crippen molar-refractivity contribution in [1.82, 2.24) is 9.97 Å². The van der Waals surface area contributed by atoms with Crippen molar-refractivity contribution in [1.29, 1.82) is 5.53 Å². The van der Waals surface area contributed by atoms with Gasteiger partial charge in [0.05, 0.1) is 17.9 Å². The average Bonchev–Trinajstić information content (AvgIpc) is 3.54. The first kappa shape index (κ1) is 28.3. The van der Waals surface area contributed by atoms with Crippen molar-refractivity contribution >= 4 is 23.3 Å². The van der Waals surface area contributed by atoms with E-state index in [-0.39, 0.29) is 17.9 Å². The summed E-state index contributed by atoms with van der Waals surface area (Å²) in [6.45, 7) is 5.67. The summed E-state index contributed by atoms with van der Waals surface area (Å²) >= 11 is 1.52. The molecule has 12 heteroatoms. The highest BCUT2D eigenvalue weighted by molar-refractivity contribution is 7.99. The Morgan fingerprint density at radius 1 is 1.15 bits per heavy atom. The lowest BCUT2D eigenvalue weighted by Crippen LogP contribution is -2.35. The lowest BCUT2D eigenvalue weighted by Gasteiger charge is -2.25. The molecule has 7 atom stereocenters. The molecule has 1 aliphatic heterocycles. The second-order valence-corrected chi connectivity index (χ2v) is 12.0. The van der Waals surface area contributed by atoms with Crippen molar-refractivity contribution in [3.8, 4) is 0 Å². The van der Waals surface area contributed by atoms with Crippen molar-refractivity contribution in [2.45, 2.75) is 100 Å². The monoisotopic (exact) mass is 563 g/mol. The number of hydrogen-bond donors (Lipinski definition) is 4. The molecular weight excluding hydrogens is 528 g/mol. The first-order valence-electron chi connectivity index (χ1n) is 13.5. The van der Waals surface area contributed by atoms with Crippen molar-refractivity contribution < 1.29 is 28.5 Å². The average molecular weight is 564 g/mol. The SMILES string of the molecule is CCCSc1nc(CCC[C@@H]2[C@@H](O)[C@H](O)[C@H]3OC(C)(C)O[C@@H]23)c(N=N)c(N[C@@H]2C[C@H]2c2ccc(F)c(F)c2)n1. The minimum atomic E-state index is -1.01. The number of aliphatic hydroxyl groups is 2. The van der Waals surface area contributed by atoms with Gasteiger partial charge in [-0.25, -0.2) is 24.3 Å². The van der Waals surface area contributed by atoms with E-state index < -0.39 is 41.8 Å². The van der Waals surface area contributed by atoms with Gasteiger partial charge in [0.15, 0.2) is 28.4 Å². The maximum atomic E-state index is 13.7. The molecule has 5 rings (SSSR count). The number of halogens is 2. The van der Waals surface area contributed by atoms with Crippen LogP contribution in [0.5, 0.6) is 0 Å². The summed E-state index contributed by atoms with van der Waals surface area (Å²) in [6, 6.07) is 3.91. The highest BCUT2D eigenvalue weighted by atomic mass is 32.2. The number of aliphatic hydroxyl groups excluding tert-OH is 2. The molecule has 0 amide bonds. The third-order valence-electron chi connectivity index (χ3n) is 7.63. The third-order valence-corrected chi connectivity index (χ3v) is 8.68. The third kappa shape index (κ3) is 5.95. The maximum absolute atomic E-state index is 13.7. The fourth-order valence-electron chi connectivity index (χ4n) is 5.67. The molecule has 1 saturated heterocycles. The normalized spacial score (nSPS) is 30.8. The Morgan fingerprint density at radius 2 is 1.92 bits per heavy atom.